The molecule has 1 amide bonds. The summed E-state index contributed by atoms with van der Waals surface area (Å²) in [6.45, 7) is 4.60. The Labute approximate surface area is 209 Å². The lowest BCUT2D eigenvalue weighted by Crippen LogP contribution is -2.55. The van der Waals surface area contributed by atoms with Gasteiger partial charge in [0.25, 0.3) is 5.91 Å². The third kappa shape index (κ3) is 4.90. The minimum absolute atomic E-state index is 0.134. The van der Waals surface area contributed by atoms with E-state index in [9.17, 15) is 15.0 Å². The smallest absolute Gasteiger partial charge is 0.252 e. The molecule has 10 heteroatoms. The van der Waals surface area contributed by atoms with E-state index in [4.69, 9.17) is 11.0 Å². The SMILES string of the molecule is CC(C)(O)[C@H](F)CN(c1cc(-c2ccc3cc(C#N)cnn23)ncc1C(N)=O)C1(C)CCC(O)CC1. The number of alkyl halides is 1. The minimum atomic E-state index is -1.63. The molecule has 0 bridgehead atoms. The molecule has 3 heterocycles. The van der Waals surface area contributed by atoms with Crippen molar-refractivity contribution < 1.29 is 19.4 Å². The zero-order valence-corrected chi connectivity index (χ0v) is 20.6. The summed E-state index contributed by atoms with van der Waals surface area (Å²) in [5, 5.41) is 34.0. The van der Waals surface area contributed by atoms with Crippen molar-refractivity contribution in [3.05, 3.63) is 47.8 Å². The van der Waals surface area contributed by atoms with Gasteiger partial charge in [-0.3, -0.25) is 9.78 Å². The van der Waals surface area contributed by atoms with E-state index in [1.54, 1.807) is 33.7 Å². The van der Waals surface area contributed by atoms with Gasteiger partial charge in [0, 0.05) is 11.7 Å². The second-order valence-corrected chi connectivity index (χ2v) is 10.3. The van der Waals surface area contributed by atoms with Gasteiger partial charge in [-0.15, -0.1) is 0 Å². The average Bonchev–Trinajstić information content (AvgIpc) is 3.26. The summed E-state index contributed by atoms with van der Waals surface area (Å²) in [5.74, 6) is -0.705. The van der Waals surface area contributed by atoms with Crippen LogP contribution in [0, 0.1) is 11.3 Å². The Hall–Kier alpha value is -3.55. The number of pyridine rings is 1. The fourth-order valence-electron chi connectivity index (χ4n) is 4.74. The van der Waals surface area contributed by atoms with Gasteiger partial charge in [-0.2, -0.15) is 10.4 Å². The molecule has 0 spiro atoms. The van der Waals surface area contributed by atoms with Crippen molar-refractivity contribution in [2.24, 2.45) is 5.73 Å². The number of primary amides is 1. The van der Waals surface area contributed by atoms with E-state index in [0.717, 1.165) is 0 Å². The summed E-state index contributed by atoms with van der Waals surface area (Å²) in [6.07, 6.45) is 2.96. The van der Waals surface area contributed by atoms with Crippen molar-refractivity contribution in [3.8, 4) is 17.5 Å². The molecule has 0 unspecified atom stereocenters. The second-order valence-electron chi connectivity index (χ2n) is 10.3. The van der Waals surface area contributed by atoms with Crippen LogP contribution in [0.1, 0.15) is 62.4 Å². The molecule has 3 aromatic rings. The van der Waals surface area contributed by atoms with Gasteiger partial charge < -0.3 is 20.8 Å². The van der Waals surface area contributed by atoms with E-state index in [-0.39, 0.29) is 12.1 Å². The van der Waals surface area contributed by atoms with Gasteiger partial charge in [0.05, 0.1) is 58.2 Å². The van der Waals surface area contributed by atoms with Gasteiger partial charge in [0.1, 0.15) is 12.2 Å². The molecule has 4 rings (SSSR count). The largest absolute Gasteiger partial charge is 0.393 e. The maximum Gasteiger partial charge on any atom is 0.252 e. The predicted molar refractivity (Wildman–Crippen MR) is 133 cm³/mol. The van der Waals surface area contributed by atoms with Crippen LogP contribution in [-0.2, 0) is 0 Å². The molecule has 0 radical (unpaired) electrons. The third-order valence-electron chi connectivity index (χ3n) is 7.12. The number of rotatable bonds is 7. The van der Waals surface area contributed by atoms with Gasteiger partial charge in [-0.05, 0) is 70.7 Å². The molecule has 4 N–H and O–H groups in total. The zero-order valence-electron chi connectivity index (χ0n) is 20.6. The number of aromatic nitrogens is 3. The number of halogens is 1. The number of amides is 1. The van der Waals surface area contributed by atoms with Crippen LogP contribution in [0.3, 0.4) is 0 Å². The number of aliphatic hydroxyl groups excluding tert-OH is 1. The maximum atomic E-state index is 15.3. The number of anilines is 1. The van der Waals surface area contributed by atoms with Crippen molar-refractivity contribution in [1.82, 2.24) is 14.6 Å². The van der Waals surface area contributed by atoms with Crippen molar-refractivity contribution in [3.63, 3.8) is 0 Å². The van der Waals surface area contributed by atoms with Gasteiger partial charge >= 0.3 is 0 Å². The molecule has 36 heavy (non-hydrogen) atoms. The first-order valence-electron chi connectivity index (χ1n) is 11.9. The Balaban J connectivity index is 1.86. The highest BCUT2D eigenvalue weighted by Crippen LogP contribution is 2.40. The molecule has 190 valence electrons. The Morgan fingerprint density at radius 3 is 2.67 bits per heavy atom. The Morgan fingerprint density at radius 1 is 1.36 bits per heavy atom. The summed E-state index contributed by atoms with van der Waals surface area (Å²) in [6, 6.07) is 9.06. The lowest BCUT2D eigenvalue weighted by molar-refractivity contribution is -0.00286. The molecule has 3 aromatic heterocycles. The monoisotopic (exact) mass is 494 g/mol. The van der Waals surface area contributed by atoms with Crippen LogP contribution < -0.4 is 10.6 Å². The molecular weight excluding hydrogens is 463 g/mol. The lowest BCUT2D eigenvalue weighted by Gasteiger charge is -2.48. The quantitative estimate of drug-likeness (QED) is 0.458. The number of nitrogens with two attached hydrogens (primary N) is 1. The molecule has 0 aromatic carbocycles. The van der Waals surface area contributed by atoms with Crippen LogP contribution in [0.5, 0.6) is 0 Å². The Bertz CT molecular complexity index is 1320. The van der Waals surface area contributed by atoms with E-state index in [1.807, 2.05) is 6.92 Å². The number of aliphatic hydroxyl groups is 2. The van der Waals surface area contributed by atoms with Crippen LogP contribution in [0.25, 0.3) is 16.9 Å². The van der Waals surface area contributed by atoms with Crippen molar-refractivity contribution in [2.45, 2.75) is 69.9 Å². The number of nitrogens with zero attached hydrogens (tertiary/aromatic N) is 5. The van der Waals surface area contributed by atoms with Crippen LogP contribution in [0.4, 0.5) is 10.1 Å². The van der Waals surface area contributed by atoms with Gasteiger partial charge in [-0.1, -0.05) is 0 Å². The highest BCUT2D eigenvalue weighted by molar-refractivity contribution is 5.99. The first-order chi connectivity index (χ1) is 16.9. The number of hydrogen-bond donors (Lipinski definition) is 3. The number of fused-ring (bicyclic) bond motifs is 1. The summed E-state index contributed by atoms with van der Waals surface area (Å²) in [7, 11) is 0. The first-order valence-corrected chi connectivity index (χ1v) is 11.9. The van der Waals surface area contributed by atoms with E-state index in [2.05, 4.69) is 16.2 Å². The standard InChI is InChI=1S/C26H31FN6O3/c1-25(2,36)23(27)15-32(26(3)8-6-18(34)7-9-26)22-11-20(30-14-19(22)24(29)35)21-5-4-17-10-16(12-28)13-31-33(17)21/h4-5,10-11,13-14,18,23,34,36H,6-9,15H2,1-3H3,(H2,29,35)/t18?,23-,26?/m1/s1. The van der Waals surface area contributed by atoms with Crippen molar-refractivity contribution >= 4 is 17.1 Å². The van der Waals surface area contributed by atoms with E-state index in [1.165, 1.54) is 26.2 Å². The van der Waals surface area contributed by atoms with Crippen molar-refractivity contribution in [1.29, 1.82) is 5.26 Å². The van der Waals surface area contributed by atoms with Crippen LogP contribution in [0.15, 0.2) is 36.7 Å². The highest BCUT2D eigenvalue weighted by Gasteiger charge is 2.41. The van der Waals surface area contributed by atoms with E-state index >= 15 is 4.39 Å². The summed E-state index contributed by atoms with van der Waals surface area (Å²) >= 11 is 0. The Morgan fingerprint density at radius 2 is 2.06 bits per heavy atom. The maximum absolute atomic E-state index is 15.3. The summed E-state index contributed by atoms with van der Waals surface area (Å²) in [4.78, 5) is 18.7. The molecule has 1 saturated carbocycles. The predicted octanol–water partition coefficient (Wildman–Crippen LogP) is 2.98. The summed E-state index contributed by atoms with van der Waals surface area (Å²) < 4.78 is 17.0. The van der Waals surface area contributed by atoms with Crippen LogP contribution in [-0.4, -0.2) is 60.7 Å². The summed E-state index contributed by atoms with van der Waals surface area (Å²) in [5.41, 5.74) is 6.27. The number of nitriles is 1. The van der Waals surface area contributed by atoms with Crippen molar-refractivity contribution in [2.75, 3.05) is 11.4 Å². The molecule has 0 aliphatic heterocycles. The second kappa shape index (κ2) is 9.48. The fraction of sp³-hybridized carbons (Fsp3) is 0.462. The third-order valence-corrected chi connectivity index (χ3v) is 7.12. The fourth-order valence-corrected chi connectivity index (χ4v) is 4.74. The first kappa shape index (κ1) is 25.5. The molecule has 1 atom stereocenters. The lowest BCUT2D eigenvalue weighted by atomic mass is 9.79. The molecule has 1 fully saturated rings. The van der Waals surface area contributed by atoms with Gasteiger partial charge in [0.15, 0.2) is 0 Å². The van der Waals surface area contributed by atoms with Gasteiger partial charge in [0.2, 0.25) is 0 Å². The number of hydrogen-bond acceptors (Lipinski definition) is 7. The number of carbonyl (C=O) groups is 1. The molecule has 1 aliphatic rings. The molecular formula is C26H31FN6O3. The van der Waals surface area contributed by atoms with Crippen LogP contribution in [0.2, 0.25) is 0 Å². The number of carbonyl (C=O) groups excluding carboxylic acids is 1. The molecule has 9 nitrogen and oxygen atoms in total. The normalized spacial score (nSPS) is 21.2. The topological polar surface area (TPSA) is 141 Å². The van der Waals surface area contributed by atoms with Gasteiger partial charge in [-0.25, -0.2) is 8.91 Å². The highest BCUT2D eigenvalue weighted by atomic mass is 19.1. The molecule has 1 aliphatic carbocycles. The average molecular weight is 495 g/mol. The zero-order chi connectivity index (χ0) is 26.3. The molecule has 0 saturated heterocycles. The van der Waals surface area contributed by atoms with E-state index < -0.39 is 29.3 Å². The van der Waals surface area contributed by atoms with E-state index in [0.29, 0.717) is 53.8 Å². The Kier molecular flexibility index (Phi) is 6.73. The van der Waals surface area contributed by atoms with Crippen LogP contribution >= 0.6 is 0 Å². The minimum Gasteiger partial charge on any atom is -0.393 e.